The van der Waals surface area contributed by atoms with Crippen molar-refractivity contribution in [2.75, 3.05) is 0 Å². The van der Waals surface area contributed by atoms with E-state index in [1.165, 1.54) is 5.41 Å². The largest absolute Gasteiger partial charge is 0.234 e. The van der Waals surface area contributed by atoms with Crippen LogP contribution in [-0.2, 0) is 16.6 Å². The van der Waals surface area contributed by atoms with Crippen molar-refractivity contribution in [3.05, 3.63) is 76.7 Å². The van der Waals surface area contributed by atoms with Crippen molar-refractivity contribution in [1.29, 1.82) is 0 Å². The first kappa shape index (κ1) is 14.5. The highest BCUT2D eigenvalue weighted by molar-refractivity contribution is 7.92. The topological polar surface area (TPSA) is 46.2 Å². The molecule has 0 saturated heterocycles. The van der Waals surface area contributed by atoms with Gasteiger partial charge >= 0.3 is 0 Å². The van der Waals surface area contributed by atoms with Gasteiger partial charge in [-0.15, -0.1) is 0 Å². The zero-order chi connectivity index (χ0) is 14.4. The van der Waals surface area contributed by atoms with Crippen LogP contribution in [-0.4, -0.2) is 8.42 Å². The zero-order valence-electron chi connectivity index (χ0n) is 11.3. The molecule has 0 unspecified atom stereocenters. The van der Waals surface area contributed by atoms with E-state index in [0.29, 0.717) is 6.54 Å². The fourth-order valence-electron chi connectivity index (χ4n) is 1.77. The third-order valence-corrected chi connectivity index (χ3v) is 4.01. The second kappa shape index (κ2) is 6.50. The number of aryl methyl sites for hydroxylation is 1. The van der Waals surface area contributed by atoms with Crippen LogP contribution in [0.3, 0.4) is 0 Å². The first-order chi connectivity index (χ1) is 9.57. The number of hydrogen-bond acceptors (Lipinski definition) is 2. The lowest BCUT2D eigenvalue weighted by molar-refractivity contribution is 0.590. The van der Waals surface area contributed by atoms with Gasteiger partial charge < -0.3 is 0 Å². The van der Waals surface area contributed by atoms with Crippen LogP contribution in [0.25, 0.3) is 6.08 Å². The number of hydrogen-bond donors (Lipinski definition) is 1. The Balaban J connectivity index is 2.02. The highest BCUT2D eigenvalue weighted by atomic mass is 32.2. The molecule has 4 heteroatoms. The van der Waals surface area contributed by atoms with Crippen LogP contribution in [0.1, 0.15) is 16.7 Å². The predicted molar refractivity (Wildman–Crippen MR) is 82.4 cm³/mol. The van der Waals surface area contributed by atoms with E-state index < -0.39 is 10.0 Å². The molecule has 0 radical (unpaired) electrons. The molecule has 2 aromatic rings. The minimum Gasteiger partial charge on any atom is -0.208 e. The molecule has 0 aliphatic carbocycles. The van der Waals surface area contributed by atoms with Crippen LogP contribution in [0, 0.1) is 6.92 Å². The maximum atomic E-state index is 11.9. The first-order valence-corrected chi connectivity index (χ1v) is 7.89. The summed E-state index contributed by atoms with van der Waals surface area (Å²) in [5, 5.41) is 1.20. The predicted octanol–water partition coefficient (Wildman–Crippen LogP) is 3.09. The Kier molecular flexibility index (Phi) is 4.71. The first-order valence-electron chi connectivity index (χ1n) is 6.34. The van der Waals surface area contributed by atoms with Crippen molar-refractivity contribution in [1.82, 2.24) is 4.72 Å². The van der Waals surface area contributed by atoms with E-state index in [1.54, 1.807) is 6.08 Å². The SMILES string of the molecule is Cc1ccccc1CNS(=O)(=O)/C=C/c1ccccc1. The average Bonchev–Trinajstić information content (AvgIpc) is 2.46. The van der Waals surface area contributed by atoms with E-state index in [-0.39, 0.29) is 0 Å². The van der Waals surface area contributed by atoms with Crippen LogP contribution in [0.15, 0.2) is 60.0 Å². The molecule has 0 aliphatic heterocycles. The molecule has 0 saturated carbocycles. The molecule has 20 heavy (non-hydrogen) atoms. The molecule has 0 aromatic heterocycles. The van der Waals surface area contributed by atoms with Gasteiger partial charge in [0.2, 0.25) is 10.0 Å². The highest BCUT2D eigenvalue weighted by Crippen LogP contribution is 2.08. The van der Waals surface area contributed by atoms with E-state index in [0.717, 1.165) is 16.7 Å². The van der Waals surface area contributed by atoms with Crippen molar-refractivity contribution in [3.63, 3.8) is 0 Å². The molecular weight excluding hydrogens is 270 g/mol. The van der Waals surface area contributed by atoms with E-state index in [1.807, 2.05) is 61.5 Å². The second-order valence-corrected chi connectivity index (χ2v) is 6.16. The van der Waals surface area contributed by atoms with Gasteiger partial charge in [0.05, 0.1) is 0 Å². The summed E-state index contributed by atoms with van der Waals surface area (Å²) in [5.41, 5.74) is 2.90. The monoisotopic (exact) mass is 287 g/mol. The Bertz CT molecular complexity index is 691. The zero-order valence-corrected chi connectivity index (χ0v) is 12.1. The Hall–Kier alpha value is -1.91. The number of rotatable bonds is 5. The van der Waals surface area contributed by atoms with Crippen molar-refractivity contribution < 1.29 is 8.42 Å². The number of benzene rings is 2. The van der Waals surface area contributed by atoms with Crippen molar-refractivity contribution >= 4 is 16.1 Å². The third-order valence-electron chi connectivity index (χ3n) is 2.96. The fourth-order valence-corrected chi connectivity index (χ4v) is 2.56. The normalized spacial score (nSPS) is 11.8. The van der Waals surface area contributed by atoms with Gasteiger partial charge in [0.15, 0.2) is 0 Å². The minimum atomic E-state index is -3.43. The minimum absolute atomic E-state index is 0.300. The molecule has 3 nitrogen and oxygen atoms in total. The molecule has 0 aliphatic rings. The van der Waals surface area contributed by atoms with Gasteiger partial charge in [-0.2, -0.15) is 0 Å². The van der Waals surface area contributed by atoms with Crippen LogP contribution >= 0.6 is 0 Å². The molecule has 0 atom stereocenters. The lowest BCUT2D eigenvalue weighted by Crippen LogP contribution is -2.21. The summed E-state index contributed by atoms with van der Waals surface area (Å²) in [6, 6.07) is 17.0. The summed E-state index contributed by atoms with van der Waals surface area (Å²) in [6.45, 7) is 2.26. The maximum absolute atomic E-state index is 11.9. The van der Waals surface area contributed by atoms with E-state index >= 15 is 0 Å². The van der Waals surface area contributed by atoms with Crippen LogP contribution in [0.2, 0.25) is 0 Å². The highest BCUT2D eigenvalue weighted by Gasteiger charge is 2.05. The second-order valence-electron chi connectivity index (χ2n) is 4.51. The fraction of sp³-hybridized carbons (Fsp3) is 0.125. The molecule has 0 fully saturated rings. The van der Waals surface area contributed by atoms with E-state index in [2.05, 4.69) is 4.72 Å². The van der Waals surface area contributed by atoms with E-state index in [4.69, 9.17) is 0 Å². The van der Waals surface area contributed by atoms with Crippen LogP contribution < -0.4 is 4.72 Å². The van der Waals surface area contributed by atoms with Gasteiger partial charge in [-0.1, -0.05) is 54.6 Å². The molecule has 2 aromatic carbocycles. The summed E-state index contributed by atoms with van der Waals surface area (Å²) < 4.78 is 26.4. The summed E-state index contributed by atoms with van der Waals surface area (Å²) in [7, 11) is -3.43. The Morgan fingerprint density at radius 2 is 1.65 bits per heavy atom. The lowest BCUT2D eigenvalue weighted by Gasteiger charge is -2.06. The summed E-state index contributed by atoms with van der Waals surface area (Å²) in [6.07, 6.45) is 1.58. The van der Waals surface area contributed by atoms with Crippen molar-refractivity contribution in [3.8, 4) is 0 Å². The number of sulfonamides is 1. The molecule has 0 amide bonds. The number of nitrogens with one attached hydrogen (secondary N) is 1. The smallest absolute Gasteiger partial charge is 0.208 e. The Morgan fingerprint density at radius 3 is 2.35 bits per heavy atom. The third kappa shape index (κ3) is 4.33. The maximum Gasteiger partial charge on any atom is 0.234 e. The van der Waals surface area contributed by atoms with Gasteiger partial charge in [-0.25, -0.2) is 13.1 Å². The van der Waals surface area contributed by atoms with Gasteiger partial charge in [0.25, 0.3) is 0 Å². The molecule has 0 bridgehead atoms. The van der Waals surface area contributed by atoms with Crippen molar-refractivity contribution in [2.45, 2.75) is 13.5 Å². The molecule has 1 N–H and O–H groups in total. The Morgan fingerprint density at radius 1 is 1.00 bits per heavy atom. The summed E-state index contributed by atoms with van der Waals surface area (Å²) in [4.78, 5) is 0. The van der Waals surface area contributed by atoms with Gasteiger partial charge in [0.1, 0.15) is 0 Å². The van der Waals surface area contributed by atoms with E-state index in [9.17, 15) is 8.42 Å². The van der Waals surface area contributed by atoms with Gasteiger partial charge in [-0.05, 0) is 29.7 Å². The van der Waals surface area contributed by atoms with Gasteiger partial charge in [-0.3, -0.25) is 0 Å². The molecule has 2 rings (SSSR count). The molecule has 0 heterocycles. The molecule has 104 valence electrons. The molecular formula is C16H17NO2S. The quantitative estimate of drug-likeness (QED) is 0.918. The van der Waals surface area contributed by atoms with Crippen molar-refractivity contribution in [2.24, 2.45) is 0 Å². The summed E-state index contributed by atoms with van der Waals surface area (Å²) >= 11 is 0. The Labute approximate surface area is 120 Å². The van der Waals surface area contributed by atoms with Gasteiger partial charge in [0, 0.05) is 12.0 Å². The van der Waals surface area contributed by atoms with Crippen LogP contribution in [0.5, 0.6) is 0 Å². The molecule has 0 spiro atoms. The lowest BCUT2D eigenvalue weighted by atomic mass is 10.1. The van der Waals surface area contributed by atoms with Crippen LogP contribution in [0.4, 0.5) is 0 Å². The summed E-state index contributed by atoms with van der Waals surface area (Å²) in [5.74, 6) is 0. The average molecular weight is 287 g/mol. The standard InChI is InChI=1S/C16H17NO2S/c1-14-7-5-6-10-16(14)13-17-20(18,19)12-11-15-8-3-2-4-9-15/h2-12,17H,13H2,1H3/b12-11+.